The Bertz CT molecular complexity index is 650. The van der Waals surface area contributed by atoms with E-state index < -0.39 is 17.9 Å². The van der Waals surface area contributed by atoms with E-state index in [2.05, 4.69) is 21.2 Å². The minimum Gasteiger partial charge on any atom is -0.508 e. The van der Waals surface area contributed by atoms with Gasteiger partial charge in [-0.05, 0) is 45.8 Å². The Morgan fingerprint density at radius 3 is 2.38 bits per heavy atom. The van der Waals surface area contributed by atoms with Crippen molar-refractivity contribution in [3.63, 3.8) is 0 Å². The Morgan fingerprint density at radius 2 is 1.86 bits per heavy atom. The first-order valence-electron chi connectivity index (χ1n) is 6.02. The van der Waals surface area contributed by atoms with E-state index in [9.17, 15) is 19.8 Å². The van der Waals surface area contributed by atoms with Crippen LogP contribution in [0.3, 0.4) is 0 Å². The highest BCUT2D eigenvalue weighted by Gasteiger charge is 2.22. The number of aliphatic carboxylic acids is 1. The maximum absolute atomic E-state index is 11.9. The summed E-state index contributed by atoms with van der Waals surface area (Å²) in [6.45, 7) is 0. The number of furan rings is 1. The van der Waals surface area contributed by atoms with Gasteiger partial charge >= 0.3 is 5.97 Å². The summed E-state index contributed by atoms with van der Waals surface area (Å²) < 4.78 is 5.46. The van der Waals surface area contributed by atoms with Crippen LogP contribution in [0.2, 0.25) is 0 Å². The maximum atomic E-state index is 11.9. The Kier molecular flexibility index (Phi) is 4.64. The van der Waals surface area contributed by atoms with Crippen molar-refractivity contribution in [2.45, 2.75) is 12.5 Å². The van der Waals surface area contributed by atoms with Crippen LogP contribution in [0.5, 0.6) is 5.75 Å². The van der Waals surface area contributed by atoms with Crippen LogP contribution in [0.15, 0.2) is 45.5 Å². The van der Waals surface area contributed by atoms with Crippen LogP contribution in [0.1, 0.15) is 16.1 Å². The van der Waals surface area contributed by atoms with E-state index in [1.807, 2.05) is 0 Å². The Morgan fingerprint density at radius 1 is 1.19 bits per heavy atom. The van der Waals surface area contributed by atoms with E-state index in [0.29, 0.717) is 10.2 Å². The van der Waals surface area contributed by atoms with Crippen molar-refractivity contribution >= 4 is 27.8 Å². The number of carboxylic acid groups (broad SMARTS) is 1. The van der Waals surface area contributed by atoms with Crippen molar-refractivity contribution in [2.75, 3.05) is 0 Å². The SMILES string of the molecule is O=C(N[C@H](Cc1ccc(O)cc1)C(=O)O)c1ccc(Br)o1. The molecule has 110 valence electrons. The van der Waals surface area contributed by atoms with Crippen LogP contribution in [0.25, 0.3) is 0 Å². The molecule has 1 aromatic carbocycles. The Balaban J connectivity index is 2.07. The number of carbonyl (C=O) groups is 2. The first-order valence-corrected chi connectivity index (χ1v) is 6.82. The standard InChI is InChI=1S/C14H12BrNO5/c15-12-6-5-11(21-12)13(18)16-10(14(19)20)7-8-1-3-9(17)4-2-8/h1-6,10,17H,7H2,(H,16,18)(H,19,20)/t10-/m1/s1. The molecule has 0 radical (unpaired) electrons. The fourth-order valence-electron chi connectivity index (χ4n) is 1.73. The normalized spacial score (nSPS) is 11.9. The smallest absolute Gasteiger partial charge is 0.326 e. The summed E-state index contributed by atoms with van der Waals surface area (Å²) in [5.41, 5.74) is 0.682. The van der Waals surface area contributed by atoms with Crippen LogP contribution in [-0.4, -0.2) is 28.1 Å². The number of rotatable bonds is 5. The summed E-state index contributed by atoms with van der Waals surface area (Å²) in [6, 6.07) is 8.01. The van der Waals surface area contributed by atoms with Gasteiger partial charge in [-0.15, -0.1) is 0 Å². The lowest BCUT2D eigenvalue weighted by Gasteiger charge is -2.13. The zero-order valence-corrected chi connectivity index (χ0v) is 12.3. The molecule has 0 bridgehead atoms. The summed E-state index contributed by atoms with van der Waals surface area (Å²) in [5.74, 6) is -1.64. The summed E-state index contributed by atoms with van der Waals surface area (Å²) in [5, 5.41) is 20.8. The van der Waals surface area contributed by atoms with Crippen LogP contribution >= 0.6 is 15.9 Å². The third-order valence-corrected chi connectivity index (χ3v) is 3.20. The minimum atomic E-state index is -1.15. The van der Waals surface area contributed by atoms with E-state index in [1.54, 1.807) is 18.2 Å². The molecule has 1 heterocycles. The molecule has 0 aliphatic carbocycles. The third kappa shape index (κ3) is 4.09. The number of carboxylic acids is 1. The number of hydrogen-bond donors (Lipinski definition) is 3. The maximum Gasteiger partial charge on any atom is 0.326 e. The molecule has 0 fully saturated rings. The summed E-state index contributed by atoms with van der Waals surface area (Å²) in [7, 11) is 0. The van der Waals surface area contributed by atoms with E-state index >= 15 is 0 Å². The Labute approximate surface area is 128 Å². The second-order valence-electron chi connectivity index (χ2n) is 4.34. The number of nitrogens with one attached hydrogen (secondary N) is 1. The number of phenols is 1. The summed E-state index contributed by atoms with van der Waals surface area (Å²) in [6.07, 6.45) is 0.100. The highest BCUT2D eigenvalue weighted by molar-refractivity contribution is 9.10. The van der Waals surface area contributed by atoms with Crippen molar-refractivity contribution < 1.29 is 24.2 Å². The molecular formula is C14H12BrNO5. The predicted octanol–water partition coefficient (Wildman–Crippen LogP) is 2.17. The lowest BCUT2D eigenvalue weighted by atomic mass is 10.1. The number of hydrogen-bond acceptors (Lipinski definition) is 4. The van der Waals surface area contributed by atoms with Crippen LogP contribution in [0.4, 0.5) is 0 Å². The number of aromatic hydroxyl groups is 1. The largest absolute Gasteiger partial charge is 0.508 e. The zero-order valence-electron chi connectivity index (χ0n) is 10.7. The summed E-state index contributed by atoms with van der Waals surface area (Å²) in [4.78, 5) is 23.1. The number of amides is 1. The van der Waals surface area contributed by atoms with Gasteiger partial charge in [-0.1, -0.05) is 12.1 Å². The molecule has 0 unspecified atom stereocenters. The van der Waals surface area contributed by atoms with Crippen LogP contribution in [-0.2, 0) is 11.2 Å². The van der Waals surface area contributed by atoms with Gasteiger partial charge in [0.1, 0.15) is 11.8 Å². The number of carbonyl (C=O) groups excluding carboxylic acids is 1. The molecule has 0 aliphatic rings. The highest BCUT2D eigenvalue weighted by Crippen LogP contribution is 2.15. The average Bonchev–Trinajstić information content (AvgIpc) is 2.87. The second kappa shape index (κ2) is 6.45. The van der Waals surface area contributed by atoms with Gasteiger partial charge in [0.2, 0.25) is 0 Å². The molecule has 3 N–H and O–H groups in total. The molecule has 0 saturated heterocycles. The van der Waals surface area contributed by atoms with Gasteiger partial charge in [0.25, 0.3) is 5.91 Å². The zero-order chi connectivity index (χ0) is 15.4. The van der Waals surface area contributed by atoms with Gasteiger partial charge in [-0.2, -0.15) is 0 Å². The first kappa shape index (κ1) is 15.1. The Hall–Kier alpha value is -2.28. The third-order valence-electron chi connectivity index (χ3n) is 2.78. The highest BCUT2D eigenvalue weighted by atomic mass is 79.9. The van der Waals surface area contributed by atoms with Crippen molar-refractivity contribution in [3.8, 4) is 5.75 Å². The molecule has 2 aromatic rings. The number of phenolic OH excluding ortho intramolecular Hbond substituents is 1. The van der Waals surface area contributed by atoms with E-state index in [0.717, 1.165) is 0 Å². The molecule has 0 aliphatic heterocycles. The molecule has 7 heteroatoms. The van der Waals surface area contributed by atoms with Gasteiger partial charge in [0, 0.05) is 6.42 Å². The molecule has 6 nitrogen and oxygen atoms in total. The van der Waals surface area contributed by atoms with Gasteiger partial charge in [0.05, 0.1) is 0 Å². The second-order valence-corrected chi connectivity index (χ2v) is 5.12. The molecule has 1 aromatic heterocycles. The number of benzene rings is 1. The van der Waals surface area contributed by atoms with E-state index in [1.165, 1.54) is 18.2 Å². The molecule has 21 heavy (non-hydrogen) atoms. The van der Waals surface area contributed by atoms with E-state index in [4.69, 9.17) is 4.42 Å². The minimum absolute atomic E-state index is 0.0267. The van der Waals surface area contributed by atoms with Gasteiger partial charge < -0.3 is 19.9 Å². The average molecular weight is 354 g/mol. The molecule has 1 atom stereocenters. The molecule has 0 spiro atoms. The van der Waals surface area contributed by atoms with Crippen molar-refractivity contribution in [2.24, 2.45) is 0 Å². The van der Waals surface area contributed by atoms with Crippen molar-refractivity contribution in [3.05, 3.63) is 52.4 Å². The predicted molar refractivity (Wildman–Crippen MR) is 77.1 cm³/mol. The van der Waals surface area contributed by atoms with Gasteiger partial charge in [-0.3, -0.25) is 4.79 Å². The molecule has 2 rings (SSSR count). The molecule has 1 amide bonds. The molecular weight excluding hydrogens is 342 g/mol. The van der Waals surface area contributed by atoms with Crippen LogP contribution in [0, 0.1) is 0 Å². The van der Waals surface area contributed by atoms with Gasteiger partial charge in [0.15, 0.2) is 10.4 Å². The fraction of sp³-hybridized carbons (Fsp3) is 0.143. The lowest BCUT2D eigenvalue weighted by Crippen LogP contribution is -2.42. The van der Waals surface area contributed by atoms with Crippen LogP contribution < -0.4 is 5.32 Å². The van der Waals surface area contributed by atoms with Crippen molar-refractivity contribution in [1.82, 2.24) is 5.32 Å². The quantitative estimate of drug-likeness (QED) is 0.764. The van der Waals surface area contributed by atoms with E-state index in [-0.39, 0.29) is 17.9 Å². The molecule has 0 saturated carbocycles. The lowest BCUT2D eigenvalue weighted by molar-refractivity contribution is -0.139. The summed E-state index contributed by atoms with van der Waals surface area (Å²) >= 11 is 3.07. The first-order chi connectivity index (χ1) is 9.95. The van der Waals surface area contributed by atoms with Gasteiger partial charge in [-0.25, -0.2) is 4.79 Å². The monoisotopic (exact) mass is 353 g/mol. The fourth-order valence-corrected chi connectivity index (χ4v) is 2.04. The van der Waals surface area contributed by atoms with Crippen molar-refractivity contribution in [1.29, 1.82) is 0 Å². The topological polar surface area (TPSA) is 99.8 Å². The number of halogens is 1.